The van der Waals surface area contributed by atoms with Crippen LogP contribution in [0.1, 0.15) is 24.9 Å². The summed E-state index contributed by atoms with van der Waals surface area (Å²) in [6, 6.07) is 12.1. The summed E-state index contributed by atoms with van der Waals surface area (Å²) < 4.78 is 13.0. The van der Waals surface area contributed by atoms with E-state index in [0.29, 0.717) is 10.0 Å². The minimum atomic E-state index is -0.341. The molecule has 0 aliphatic rings. The summed E-state index contributed by atoms with van der Waals surface area (Å²) in [7, 11) is 0. The molecule has 0 aromatic heterocycles. The number of rotatable bonds is 4. The predicted octanol–water partition coefficient (Wildman–Crippen LogP) is 5.70. The van der Waals surface area contributed by atoms with Crippen molar-refractivity contribution in [2.75, 3.05) is 5.32 Å². The minimum Gasteiger partial charge on any atom is -0.377 e. The molecule has 2 aromatic rings. The molecule has 0 aliphatic carbocycles. The van der Waals surface area contributed by atoms with E-state index in [4.69, 9.17) is 23.2 Å². The van der Waals surface area contributed by atoms with E-state index in [9.17, 15) is 4.39 Å². The molecule has 0 saturated heterocycles. The van der Waals surface area contributed by atoms with Crippen LogP contribution in [0.4, 0.5) is 10.1 Å². The molecule has 0 saturated carbocycles. The maximum absolute atomic E-state index is 13.0. The lowest BCUT2D eigenvalue weighted by Gasteiger charge is -2.20. The Bertz CT molecular complexity index is 572. The van der Waals surface area contributed by atoms with Gasteiger partial charge in [0.15, 0.2) is 0 Å². The van der Waals surface area contributed by atoms with E-state index in [2.05, 4.69) is 12.2 Å². The fraction of sp³-hybridized carbons (Fsp3) is 0.200. The number of nitrogens with one attached hydrogen (secondary N) is 1. The monoisotopic (exact) mass is 297 g/mol. The van der Waals surface area contributed by atoms with Crippen LogP contribution in [0.2, 0.25) is 10.0 Å². The van der Waals surface area contributed by atoms with E-state index in [1.807, 2.05) is 24.3 Å². The van der Waals surface area contributed by atoms with E-state index in [1.54, 1.807) is 6.07 Å². The Balaban J connectivity index is 2.24. The Labute approximate surface area is 122 Å². The molecule has 1 nitrogen and oxygen atoms in total. The average molecular weight is 298 g/mol. The van der Waals surface area contributed by atoms with Crippen molar-refractivity contribution in [3.8, 4) is 0 Å². The van der Waals surface area contributed by atoms with Gasteiger partial charge in [0, 0.05) is 5.02 Å². The summed E-state index contributed by atoms with van der Waals surface area (Å²) in [5.41, 5.74) is 1.80. The molecular weight excluding hydrogens is 284 g/mol. The molecule has 2 rings (SSSR count). The quantitative estimate of drug-likeness (QED) is 0.764. The average Bonchev–Trinajstić information content (AvgIpc) is 2.38. The van der Waals surface area contributed by atoms with Gasteiger partial charge < -0.3 is 5.32 Å². The van der Waals surface area contributed by atoms with Crippen LogP contribution >= 0.6 is 23.2 Å². The lowest BCUT2D eigenvalue weighted by molar-refractivity contribution is 0.628. The van der Waals surface area contributed by atoms with Crippen molar-refractivity contribution in [3.63, 3.8) is 0 Å². The van der Waals surface area contributed by atoms with Crippen molar-refractivity contribution in [2.24, 2.45) is 0 Å². The first kappa shape index (κ1) is 14.2. The third kappa shape index (κ3) is 3.62. The van der Waals surface area contributed by atoms with Crippen molar-refractivity contribution in [1.29, 1.82) is 0 Å². The SMILES string of the molecule is CCC(Nc1ccc(F)cc1Cl)c1cccc(Cl)c1. The summed E-state index contributed by atoms with van der Waals surface area (Å²) in [6.07, 6.45) is 0.869. The molecule has 1 atom stereocenters. The second kappa shape index (κ2) is 6.27. The summed E-state index contributed by atoms with van der Waals surface area (Å²) in [4.78, 5) is 0. The van der Waals surface area contributed by atoms with Gasteiger partial charge in [-0.1, -0.05) is 42.3 Å². The van der Waals surface area contributed by atoms with Crippen LogP contribution in [0.3, 0.4) is 0 Å². The van der Waals surface area contributed by atoms with Gasteiger partial charge in [-0.15, -0.1) is 0 Å². The highest BCUT2D eigenvalue weighted by atomic mass is 35.5. The Morgan fingerprint density at radius 3 is 2.58 bits per heavy atom. The molecule has 1 N–H and O–H groups in total. The molecule has 4 heteroatoms. The van der Waals surface area contributed by atoms with E-state index in [0.717, 1.165) is 17.7 Å². The highest BCUT2D eigenvalue weighted by Gasteiger charge is 2.11. The van der Waals surface area contributed by atoms with Crippen molar-refractivity contribution in [1.82, 2.24) is 0 Å². The maximum atomic E-state index is 13.0. The highest BCUT2D eigenvalue weighted by Crippen LogP contribution is 2.29. The van der Waals surface area contributed by atoms with Gasteiger partial charge in [-0.05, 0) is 42.3 Å². The van der Waals surface area contributed by atoms with Gasteiger partial charge in [0.25, 0.3) is 0 Å². The second-order valence-electron chi connectivity index (χ2n) is 4.28. The van der Waals surface area contributed by atoms with Crippen molar-refractivity contribution >= 4 is 28.9 Å². The number of benzene rings is 2. The van der Waals surface area contributed by atoms with Gasteiger partial charge in [-0.2, -0.15) is 0 Å². The van der Waals surface area contributed by atoms with Crippen molar-refractivity contribution in [2.45, 2.75) is 19.4 Å². The summed E-state index contributed by atoms with van der Waals surface area (Å²) >= 11 is 12.0. The lowest BCUT2D eigenvalue weighted by atomic mass is 10.0. The van der Waals surface area contributed by atoms with Gasteiger partial charge in [-0.25, -0.2) is 4.39 Å². The fourth-order valence-corrected chi connectivity index (χ4v) is 2.36. The van der Waals surface area contributed by atoms with Crippen molar-refractivity contribution in [3.05, 3.63) is 63.9 Å². The summed E-state index contributed by atoms with van der Waals surface area (Å²) in [5, 5.41) is 4.38. The highest BCUT2D eigenvalue weighted by molar-refractivity contribution is 6.33. The Morgan fingerprint density at radius 1 is 1.16 bits per heavy atom. The summed E-state index contributed by atoms with van der Waals surface area (Å²) in [6.45, 7) is 2.07. The van der Waals surface area contributed by atoms with E-state index in [1.165, 1.54) is 12.1 Å². The molecular formula is C15H14Cl2FN. The standard InChI is InChI=1S/C15H14Cl2FN/c1-2-14(10-4-3-5-11(16)8-10)19-15-7-6-12(18)9-13(15)17/h3-9,14,19H,2H2,1H3. The van der Waals surface area contributed by atoms with E-state index < -0.39 is 0 Å². The largest absolute Gasteiger partial charge is 0.377 e. The van der Waals surface area contributed by atoms with Gasteiger partial charge >= 0.3 is 0 Å². The van der Waals surface area contributed by atoms with Crippen LogP contribution in [0.5, 0.6) is 0 Å². The third-order valence-corrected chi connectivity index (χ3v) is 3.47. The zero-order valence-corrected chi connectivity index (χ0v) is 12.0. The molecule has 1 unspecified atom stereocenters. The maximum Gasteiger partial charge on any atom is 0.124 e. The molecule has 2 aromatic carbocycles. The van der Waals surface area contributed by atoms with Gasteiger partial charge in [-0.3, -0.25) is 0 Å². The smallest absolute Gasteiger partial charge is 0.124 e. The minimum absolute atomic E-state index is 0.0849. The van der Waals surface area contributed by atoms with Crippen LogP contribution in [0.25, 0.3) is 0 Å². The van der Waals surface area contributed by atoms with Gasteiger partial charge in [0.05, 0.1) is 16.8 Å². The molecule has 0 amide bonds. The van der Waals surface area contributed by atoms with E-state index in [-0.39, 0.29) is 11.9 Å². The zero-order chi connectivity index (χ0) is 13.8. The molecule has 0 fully saturated rings. The summed E-state index contributed by atoms with van der Waals surface area (Å²) in [5.74, 6) is -0.341. The molecule has 100 valence electrons. The molecule has 0 heterocycles. The fourth-order valence-electron chi connectivity index (χ4n) is 1.94. The van der Waals surface area contributed by atoms with Crippen LogP contribution in [0, 0.1) is 5.82 Å². The third-order valence-electron chi connectivity index (χ3n) is 2.92. The number of halogens is 3. The predicted molar refractivity (Wildman–Crippen MR) is 79.5 cm³/mol. The van der Waals surface area contributed by atoms with Crippen LogP contribution in [0.15, 0.2) is 42.5 Å². The number of hydrogen-bond donors (Lipinski definition) is 1. The topological polar surface area (TPSA) is 12.0 Å². The second-order valence-corrected chi connectivity index (χ2v) is 5.13. The van der Waals surface area contributed by atoms with Crippen LogP contribution in [-0.2, 0) is 0 Å². The molecule has 0 bridgehead atoms. The first-order chi connectivity index (χ1) is 9.10. The molecule has 0 spiro atoms. The van der Waals surface area contributed by atoms with Crippen molar-refractivity contribution < 1.29 is 4.39 Å². The number of anilines is 1. The van der Waals surface area contributed by atoms with Gasteiger partial charge in [0.2, 0.25) is 0 Å². The Hall–Kier alpha value is -1.25. The lowest BCUT2D eigenvalue weighted by Crippen LogP contribution is -2.10. The molecule has 19 heavy (non-hydrogen) atoms. The van der Waals surface area contributed by atoms with E-state index >= 15 is 0 Å². The van der Waals surface area contributed by atoms with Crippen LogP contribution in [-0.4, -0.2) is 0 Å². The zero-order valence-electron chi connectivity index (χ0n) is 10.5. The van der Waals surface area contributed by atoms with Gasteiger partial charge in [0.1, 0.15) is 5.82 Å². The Morgan fingerprint density at radius 2 is 1.95 bits per heavy atom. The Kier molecular flexibility index (Phi) is 4.67. The normalized spacial score (nSPS) is 12.2. The molecule has 0 aliphatic heterocycles. The first-order valence-corrected chi connectivity index (χ1v) is 6.82. The van der Waals surface area contributed by atoms with Crippen LogP contribution < -0.4 is 5.32 Å². The molecule has 0 radical (unpaired) electrons. The first-order valence-electron chi connectivity index (χ1n) is 6.07. The number of hydrogen-bond acceptors (Lipinski definition) is 1.